The van der Waals surface area contributed by atoms with Crippen molar-refractivity contribution >= 4 is 69.9 Å². The van der Waals surface area contributed by atoms with Gasteiger partial charge in [0, 0.05) is 7.05 Å². The second-order valence-corrected chi connectivity index (χ2v) is 7.05. The number of carbonyl (C=O) groups excluding carboxylic acids is 2. The molecule has 3 amide bonds. The summed E-state index contributed by atoms with van der Waals surface area (Å²) in [7, 11) is 1.22. The van der Waals surface area contributed by atoms with Crippen molar-refractivity contribution in [3.05, 3.63) is 30.1 Å². The second-order valence-electron chi connectivity index (χ2n) is 4.26. The molecule has 0 aliphatic carbocycles. The normalized spacial score (nSPS) is 19.3. The number of benzene rings is 1. The highest BCUT2D eigenvalue weighted by atomic mass is 35.6. The van der Waals surface area contributed by atoms with Crippen molar-refractivity contribution < 1.29 is 14.0 Å². The molecule has 1 atom stereocenters. The maximum atomic E-state index is 13.9. The van der Waals surface area contributed by atoms with Gasteiger partial charge in [-0.3, -0.25) is 9.69 Å². The average Bonchev–Trinajstić information content (AvgIpc) is 2.63. The molecule has 1 aromatic carbocycles. The van der Waals surface area contributed by atoms with Gasteiger partial charge >= 0.3 is 6.03 Å². The van der Waals surface area contributed by atoms with Crippen LogP contribution in [0.25, 0.3) is 0 Å². The minimum atomic E-state index is -2.00. The first-order chi connectivity index (χ1) is 10.1. The fraction of sp³-hybridized carbons (Fsp3) is 0.250. The number of anilines is 1. The first kappa shape index (κ1) is 17.3. The van der Waals surface area contributed by atoms with Crippen LogP contribution in [-0.4, -0.2) is 39.0 Å². The number of hydrogen-bond donors (Lipinski definition) is 0. The number of likely N-dealkylation sites (N-methyl/N-ethyl adjacent to an activating group) is 1. The summed E-state index contributed by atoms with van der Waals surface area (Å²) in [4.78, 5) is 29.5. The van der Waals surface area contributed by atoms with Crippen LogP contribution in [0.3, 0.4) is 0 Å². The Kier molecular flexibility index (Phi) is 4.87. The predicted octanol–water partition coefficient (Wildman–Crippen LogP) is 3.56. The highest BCUT2D eigenvalue weighted by molar-refractivity contribution is 6.70. The first-order valence-electron chi connectivity index (χ1n) is 5.80. The van der Waals surface area contributed by atoms with Crippen LogP contribution in [0.5, 0.6) is 0 Å². The third-order valence-electron chi connectivity index (χ3n) is 2.79. The summed E-state index contributed by atoms with van der Waals surface area (Å²) in [6.07, 6.45) is 0. The van der Waals surface area contributed by atoms with E-state index in [4.69, 9.17) is 46.4 Å². The van der Waals surface area contributed by atoms with E-state index in [0.29, 0.717) is 0 Å². The largest absolute Gasteiger partial charge is 0.337 e. The van der Waals surface area contributed by atoms with Crippen molar-refractivity contribution in [3.63, 3.8) is 0 Å². The molecule has 0 bridgehead atoms. The number of halogens is 5. The molecule has 0 spiro atoms. The van der Waals surface area contributed by atoms with Crippen LogP contribution in [0.15, 0.2) is 29.3 Å². The first-order valence-corrected chi connectivity index (χ1v) is 7.37. The Balaban J connectivity index is 2.54. The van der Waals surface area contributed by atoms with Crippen molar-refractivity contribution in [2.24, 2.45) is 4.99 Å². The minimum absolute atomic E-state index is 0.155. The molecule has 0 aromatic heterocycles. The van der Waals surface area contributed by atoms with E-state index in [1.54, 1.807) is 0 Å². The van der Waals surface area contributed by atoms with E-state index in [-0.39, 0.29) is 5.69 Å². The fourth-order valence-electron chi connectivity index (χ4n) is 1.72. The van der Waals surface area contributed by atoms with E-state index in [1.165, 1.54) is 25.2 Å². The quantitative estimate of drug-likeness (QED) is 0.443. The van der Waals surface area contributed by atoms with Crippen LogP contribution in [0.4, 0.5) is 14.9 Å². The zero-order valence-electron chi connectivity index (χ0n) is 10.9. The number of aliphatic imine (C=N–C) groups is 1. The molecule has 0 N–H and O–H groups in total. The summed E-state index contributed by atoms with van der Waals surface area (Å²) in [6.45, 7) is 0. The van der Waals surface area contributed by atoms with Gasteiger partial charge in [-0.05, 0) is 12.1 Å². The molecule has 1 aliphatic rings. The summed E-state index contributed by atoms with van der Waals surface area (Å²) < 4.78 is 11.9. The molecule has 2 rings (SSSR count). The third kappa shape index (κ3) is 3.15. The number of rotatable bonds is 2. The predicted molar refractivity (Wildman–Crippen MR) is 84.4 cm³/mol. The monoisotopic (exact) mass is 385 g/mol. The molecule has 1 aliphatic heterocycles. The zero-order chi connectivity index (χ0) is 16.7. The van der Waals surface area contributed by atoms with Gasteiger partial charge in [0.15, 0.2) is 5.50 Å². The van der Waals surface area contributed by atoms with Gasteiger partial charge in [-0.15, -0.1) is 0 Å². The van der Waals surface area contributed by atoms with Crippen LogP contribution < -0.4 is 4.90 Å². The van der Waals surface area contributed by atoms with Gasteiger partial charge in [0.05, 0.1) is 5.69 Å². The SMILES string of the molecule is CN1C(=O)C(=NC(Cl)C(Cl)(Cl)Cl)N(c2ccccc2F)C1=O. The number of carbonyl (C=O) groups is 2. The van der Waals surface area contributed by atoms with E-state index in [2.05, 4.69) is 4.99 Å². The number of amides is 3. The van der Waals surface area contributed by atoms with Gasteiger partial charge in [0.2, 0.25) is 9.63 Å². The molecule has 0 saturated carbocycles. The summed E-state index contributed by atoms with van der Waals surface area (Å²) in [6, 6.07) is 4.60. The van der Waals surface area contributed by atoms with Crippen LogP contribution in [-0.2, 0) is 4.79 Å². The maximum Gasteiger partial charge on any atom is 0.337 e. The summed E-state index contributed by atoms with van der Waals surface area (Å²) in [5.41, 5.74) is -1.60. The van der Waals surface area contributed by atoms with Gasteiger partial charge < -0.3 is 0 Å². The molecule has 5 nitrogen and oxygen atoms in total. The van der Waals surface area contributed by atoms with Crippen molar-refractivity contribution in [1.29, 1.82) is 0 Å². The summed E-state index contributed by atoms with van der Waals surface area (Å²) >= 11 is 22.6. The van der Waals surface area contributed by atoms with E-state index >= 15 is 0 Å². The van der Waals surface area contributed by atoms with Crippen molar-refractivity contribution in [2.45, 2.75) is 9.29 Å². The van der Waals surface area contributed by atoms with Crippen molar-refractivity contribution in [2.75, 3.05) is 11.9 Å². The standard InChI is InChI=1S/C12H8Cl4FN3O2/c1-19-9(21)8(18-10(13)12(14,15)16)20(11(19)22)7-5-3-2-4-6(7)17/h2-5,10H,1H3. The lowest BCUT2D eigenvalue weighted by atomic mass is 10.3. The van der Waals surface area contributed by atoms with Gasteiger partial charge in [-0.1, -0.05) is 58.5 Å². The number of alkyl halides is 4. The lowest BCUT2D eigenvalue weighted by Gasteiger charge is -2.18. The Morgan fingerprint density at radius 3 is 2.36 bits per heavy atom. The maximum absolute atomic E-state index is 13.9. The Bertz CT molecular complexity index is 662. The molecular weight excluding hydrogens is 379 g/mol. The third-order valence-corrected chi connectivity index (χ3v) is 4.17. The lowest BCUT2D eigenvalue weighted by Crippen LogP contribution is -2.33. The average molecular weight is 387 g/mol. The Morgan fingerprint density at radius 1 is 1.23 bits per heavy atom. The minimum Gasteiger partial charge on any atom is -0.265 e. The van der Waals surface area contributed by atoms with E-state index in [0.717, 1.165) is 15.9 Å². The number of hydrogen-bond acceptors (Lipinski definition) is 3. The Morgan fingerprint density at radius 2 is 1.82 bits per heavy atom. The van der Waals surface area contributed by atoms with Crippen LogP contribution in [0.2, 0.25) is 0 Å². The van der Waals surface area contributed by atoms with E-state index < -0.39 is 32.9 Å². The van der Waals surface area contributed by atoms with Crippen molar-refractivity contribution in [1.82, 2.24) is 4.90 Å². The molecule has 118 valence electrons. The van der Waals surface area contributed by atoms with Gasteiger partial charge in [-0.25, -0.2) is 19.1 Å². The van der Waals surface area contributed by atoms with Gasteiger partial charge in [0.1, 0.15) is 5.82 Å². The zero-order valence-corrected chi connectivity index (χ0v) is 14.0. The van der Waals surface area contributed by atoms with E-state index in [9.17, 15) is 14.0 Å². The van der Waals surface area contributed by atoms with Crippen molar-refractivity contribution in [3.8, 4) is 0 Å². The summed E-state index contributed by atoms with van der Waals surface area (Å²) in [5.74, 6) is -1.93. The smallest absolute Gasteiger partial charge is 0.265 e. The van der Waals surface area contributed by atoms with Crippen LogP contribution in [0.1, 0.15) is 0 Å². The highest BCUT2D eigenvalue weighted by Gasteiger charge is 2.44. The Labute approximate surface area is 145 Å². The number of nitrogens with zero attached hydrogens (tertiary/aromatic N) is 3. The molecule has 10 heteroatoms. The molecule has 1 heterocycles. The summed E-state index contributed by atoms with van der Waals surface area (Å²) in [5, 5.41) is 0. The van der Waals surface area contributed by atoms with E-state index in [1.807, 2.05) is 0 Å². The molecule has 0 radical (unpaired) electrons. The molecule has 1 unspecified atom stereocenters. The molecule has 1 aromatic rings. The second kappa shape index (κ2) is 6.20. The number of amidine groups is 1. The number of imide groups is 1. The molecule has 1 fully saturated rings. The topological polar surface area (TPSA) is 53.0 Å². The van der Waals surface area contributed by atoms with Gasteiger partial charge in [-0.2, -0.15) is 0 Å². The van der Waals surface area contributed by atoms with Crippen LogP contribution >= 0.6 is 46.4 Å². The highest BCUT2D eigenvalue weighted by Crippen LogP contribution is 2.35. The van der Waals surface area contributed by atoms with Crippen LogP contribution in [0, 0.1) is 5.82 Å². The van der Waals surface area contributed by atoms with Gasteiger partial charge in [0.25, 0.3) is 5.91 Å². The fourth-order valence-corrected chi connectivity index (χ4v) is 1.96. The number of para-hydroxylation sites is 1. The Hall–Kier alpha value is -1.08. The molecule has 22 heavy (non-hydrogen) atoms. The lowest BCUT2D eigenvalue weighted by molar-refractivity contribution is -0.119. The molecular formula is C12H8Cl4FN3O2. The number of urea groups is 1. The molecule has 1 saturated heterocycles.